The summed E-state index contributed by atoms with van der Waals surface area (Å²) >= 11 is 6.18. The van der Waals surface area contributed by atoms with Crippen molar-refractivity contribution in [2.45, 2.75) is 10.9 Å². The first-order valence-electron chi connectivity index (χ1n) is 9.51. The van der Waals surface area contributed by atoms with Gasteiger partial charge >= 0.3 is 0 Å². The van der Waals surface area contributed by atoms with Crippen molar-refractivity contribution in [2.75, 3.05) is 31.6 Å². The monoisotopic (exact) mass is 444 g/mol. The Morgan fingerprint density at radius 3 is 2.53 bits per heavy atom. The molecule has 0 spiro atoms. The van der Waals surface area contributed by atoms with E-state index in [1.54, 1.807) is 18.3 Å². The Balaban J connectivity index is 1.59. The Bertz CT molecular complexity index is 1090. The molecule has 4 rings (SSSR count). The second kappa shape index (κ2) is 9.09. The van der Waals surface area contributed by atoms with E-state index in [9.17, 15) is 8.42 Å². The van der Waals surface area contributed by atoms with Crippen molar-refractivity contribution >= 4 is 27.4 Å². The van der Waals surface area contributed by atoms with E-state index in [0.717, 1.165) is 11.3 Å². The summed E-state index contributed by atoms with van der Waals surface area (Å²) in [6.07, 6.45) is 3.10. The molecule has 1 aromatic carbocycles. The molecule has 3 aromatic rings. The van der Waals surface area contributed by atoms with Gasteiger partial charge in [0.15, 0.2) is 0 Å². The Morgan fingerprint density at radius 2 is 1.87 bits per heavy atom. The van der Waals surface area contributed by atoms with Crippen LogP contribution in [-0.2, 0) is 14.8 Å². The molecule has 7 nitrogen and oxygen atoms in total. The van der Waals surface area contributed by atoms with Gasteiger partial charge in [-0.1, -0.05) is 29.8 Å². The molecule has 0 bridgehead atoms. The molecular formula is C21H21ClN4O3S. The molecule has 0 aliphatic carbocycles. The van der Waals surface area contributed by atoms with Crippen LogP contribution in [0.15, 0.2) is 71.9 Å². The molecule has 156 valence electrons. The van der Waals surface area contributed by atoms with E-state index in [1.807, 2.05) is 42.5 Å². The van der Waals surface area contributed by atoms with E-state index < -0.39 is 10.0 Å². The highest BCUT2D eigenvalue weighted by Gasteiger charge is 2.26. The quantitative estimate of drug-likeness (QED) is 0.627. The summed E-state index contributed by atoms with van der Waals surface area (Å²) < 4.78 is 32.2. The number of pyridine rings is 2. The average Bonchev–Trinajstić information content (AvgIpc) is 2.79. The van der Waals surface area contributed by atoms with Crippen LogP contribution in [0.5, 0.6) is 0 Å². The summed E-state index contributed by atoms with van der Waals surface area (Å²) in [5, 5.41) is 3.96. The summed E-state index contributed by atoms with van der Waals surface area (Å²) in [6.45, 7) is 1.49. The van der Waals surface area contributed by atoms with Crippen LogP contribution >= 0.6 is 11.6 Å². The Labute approximate surface area is 180 Å². The molecule has 2 aromatic heterocycles. The summed E-state index contributed by atoms with van der Waals surface area (Å²) in [7, 11) is -3.58. The molecule has 0 radical (unpaired) electrons. The van der Waals surface area contributed by atoms with Crippen LogP contribution in [0.25, 0.3) is 0 Å². The number of hydrogen-bond donors (Lipinski definition) is 1. The van der Waals surface area contributed by atoms with Crippen molar-refractivity contribution < 1.29 is 13.2 Å². The van der Waals surface area contributed by atoms with Gasteiger partial charge in [0.05, 0.1) is 24.9 Å². The molecule has 0 saturated carbocycles. The zero-order valence-electron chi connectivity index (χ0n) is 16.1. The lowest BCUT2D eigenvalue weighted by atomic mass is 10.0. The highest BCUT2D eigenvalue weighted by Crippen LogP contribution is 2.27. The van der Waals surface area contributed by atoms with Gasteiger partial charge in [-0.15, -0.1) is 0 Å². The molecule has 3 heterocycles. The third kappa shape index (κ3) is 4.62. The van der Waals surface area contributed by atoms with Crippen LogP contribution in [0.4, 0.5) is 5.82 Å². The number of morpholine rings is 1. The minimum absolute atomic E-state index is 0.159. The lowest BCUT2D eigenvalue weighted by Gasteiger charge is -2.26. The van der Waals surface area contributed by atoms with Crippen molar-refractivity contribution in [2.24, 2.45) is 0 Å². The number of halogens is 1. The van der Waals surface area contributed by atoms with Crippen molar-refractivity contribution in [3.05, 3.63) is 83.3 Å². The summed E-state index contributed by atoms with van der Waals surface area (Å²) in [5.74, 6) is 0.534. The largest absolute Gasteiger partial charge is 0.379 e. The molecule has 1 N–H and O–H groups in total. The fourth-order valence-electron chi connectivity index (χ4n) is 3.26. The van der Waals surface area contributed by atoms with Gasteiger partial charge in [0.1, 0.15) is 10.7 Å². The summed E-state index contributed by atoms with van der Waals surface area (Å²) in [4.78, 5) is 8.95. The molecule has 1 aliphatic rings. The number of sulfonamides is 1. The maximum Gasteiger partial charge on any atom is 0.244 e. The van der Waals surface area contributed by atoms with Gasteiger partial charge in [-0.3, -0.25) is 4.98 Å². The van der Waals surface area contributed by atoms with Crippen LogP contribution in [0.2, 0.25) is 5.02 Å². The molecule has 30 heavy (non-hydrogen) atoms. The van der Waals surface area contributed by atoms with Gasteiger partial charge < -0.3 is 10.1 Å². The number of nitrogens with zero attached hydrogens (tertiary/aromatic N) is 3. The van der Waals surface area contributed by atoms with Crippen LogP contribution < -0.4 is 5.32 Å². The molecule has 1 aliphatic heterocycles. The number of ether oxygens (including phenoxy) is 1. The maximum absolute atomic E-state index is 12.8. The van der Waals surface area contributed by atoms with E-state index >= 15 is 0 Å². The minimum atomic E-state index is -3.58. The average molecular weight is 445 g/mol. The number of rotatable bonds is 6. The molecule has 9 heteroatoms. The van der Waals surface area contributed by atoms with Crippen molar-refractivity contribution in [1.29, 1.82) is 0 Å². The van der Waals surface area contributed by atoms with E-state index in [1.165, 1.54) is 10.5 Å². The zero-order valence-corrected chi connectivity index (χ0v) is 17.7. The minimum Gasteiger partial charge on any atom is -0.379 e. The van der Waals surface area contributed by atoms with E-state index in [4.69, 9.17) is 16.3 Å². The third-order valence-electron chi connectivity index (χ3n) is 4.80. The smallest absolute Gasteiger partial charge is 0.244 e. The number of hydrogen-bond acceptors (Lipinski definition) is 6. The second-order valence-electron chi connectivity index (χ2n) is 6.78. The topological polar surface area (TPSA) is 84.4 Å². The number of anilines is 1. The normalized spacial score (nSPS) is 16.2. The molecule has 1 saturated heterocycles. The summed E-state index contributed by atoms with van der Waals surface area (Å²) in [5.41, 5.74) is 1.72. The molecule has 1 fully saturated rings. The molecule has 1 atom stereocenters. The fraction of sp³-hybridized carbons (Fsp3) is 0.238. The van der Waals surface area contributed by atoms with Gasteiger partial charge in [-0.2, -0.15) is 4.31 Å². The predicted molar refractivity (Wildman–Crippen MR) is 115 cm³/mol. The second-order valence-corrected chi connectivity index (χ2v) is 9.16. The lowest BCUT2D eigenvalue weighted by molar-refractivity contribution is 0.0730. The van der Waals surface area contributed by atoms with Crippen LogP contribution in [-0.4, -0.2) is 49.0 Å². The van der Waals surface area contributed by atoms with Gasteiger partial charge in [-0.25, -0.2) is 13.4 Å². The Hall–Kier alpha value is -2.52. The van der Waals surface area contributed by atoms with Gasteiger partial charge in [-0.05, 0) is 42.0 Å². The predicted octanol–water partition coefficient (Wildman–Crippen LogP) is 3.35. The van der Waals surface area contributed by atoms with Gasteiger partial charge in [0, 0.05) is 30.5 Å². The first kappa shape index (κ1) is 20.7. The summed E-state index contributed by atoms with van der Waals surface area (Å²) in [6, 6.07) is 16.1. The lowest BCUT2D eigenvalue weighted by Crippen LogP contribution is -2.40. The molecule has 1 unspecified atom stereocenters. The fourth-order valence-corrected chi connectivity index (χ4v) is 4.82. The first-order valence-corrected chi connectivity index (χ1v) is 11.3. The number of benzene rings is 1. The highest BCUT2D eigenvalue weighted by atomic mass is 35.5. The van der Waals surface area contributed by atoms with Gasteiger partial charge in [0.25, 0.3) is 0 Å². The van der Waals surface area contributed by atoms with Crippen LogP contribution in [0, 0.1) is 0 Å². The maximum atomic E-state index is 12.8. The number of nitrogens with one attached hydrogen (secondary N) is 1. The van der Waals surface area contributed by atoms with Gasteiger partial charge in [0.2, 0.25) is 10.0 Å². The number of aromatic nitrogens is 2. The zero-order chi connectivity index (χ0) is 21.0. The van der Waals surface area contributed by atoms with Crippen molar-refractivity contribution in [3.63, 3.8) is 0 Å². The van der Waals surface area contributed by atoms with Crippen molar-refractivity contribution in [3.8, 4) is 0 Å². The first-order chi connectivity index (χ1) is 14.5. The van der Waals surface area contributed by atoms with E-state index in [-0.39, 0.29) is 10.9 Å². The highest BCUT2D eigenvalue weighted by molar-refractivity contribution is 7.89. The van der Waals surface area contributed by atoms with E-state index in [0.29, 0.717) is 37.1 Å². The standard InChI is InChI=1S/C21H21ClN4O3S/c22-17-5-3-4-16(14-17)21(19-6-1-2-9-23-19)25-20-8-7-18(15-24-20)30(27,28)26-10-12-29-13-11-26/h1-9,14-15,21H,10-13H2,(H,24,25). The van der Waals surface area contributed by atoms with Crippen molar-refractivity contribution in [1.82, 2.24) is 14.3 Å². The SMILES string of the molecule is O=S(=O)(c1ccc(NC(c2cccc(Cl)c2)c2ccccn2)nc1)N1CCOCC1. The molecule has 0 amide bonds. The van der Waals surface area contributed by atoms with E-state index in [2.05, 4.69) is 15.3 Å². The van der Waals surface area contributed by atoms with Crippen LogP contribution in [0.3, 0.4) is 0 Å². The van der Waals surface area contributed by atoms with Crippen LogP contribution in [0.1, 0.15) is 17.3 Å². The third-order valence-corrected chi connectivity index (χ3v) is 6.92. The Kier molecular flexibility index (Phi) is 6.29. The Morgan fingerprint density at radius 1 is 1.03 bits per heavy atom. The molecular weight excluding hydrogens is 424 g/mol.